The van der Waals surface area contributed by atoms with Crippen LogP contribution < -0.4 is 25.4 Å². The van der Waals surface area contributed by atoms with Gasteiger partial charge in [-0.15, -0.1) is 0 Å². The number of halogens is 2. The van der Waals surface area contributed by atoms with E-state index in [1.165, 1.54) is 23.9 Å². The Hall–Kier alpha value is -7.39. The third-order valence-corrected chi connectivity index (χ3v) is 13.7. The molecule has 0 radical (unpaired) electrons. The van der Waals surface area contributed by atoms with E-state index in [1.807, 2.05) is 44.2 Å². The summed E-state index contributed by atoms with van der Waals surface area (Å²) in [7, 11) is 4.43. The lowest BCUT2D eigenvalue weighted by Crippen LogP contribution is -2.55. The number of nitrogens with zero attached hydrogens (tertiary/aromatic N) is 8. The van der Waals surface area contributed by atoms with Crippen molar-refractivity contribution in [3.63, 3.8) is 0 Å². The quantitative estimate of drug-likeness (QED) is 0.0248. The number of oxime groups is 1. The van der Waals surface area contributed by atoms with Gasteiger partial charge < -0.3 is 65.0 Å². The molecule has 0 spiro atoms. The number of aromatic nitrogens is 2. The average Bonchev–Trinajstić information content (AvgIpc) is 4.04. The lowest BCUT2D eigenvalue weighted by atomic mass is 9.94. The summed E-state index contributed by atoms with van der Waals surface area (Å²) in [4.78, 5) is 99.5. The zero-order chi connectivity index (χ0) is 59.0. The third kappa shape index (κ3) is 17.8. The zero-order valence-corrected chi connectivity index (χ0v) is 47.6. The molecule has 438 valence electrons. The molecule has 4 amide bonds. The molecule has 0 bridgehead atoms. The zero-order valence-electron chi connectivity index (χ0n) is 46.1. The van der Waals surface area contributed by atoms with Crippen LogP contribution in [0, 0.1) is 0 Å². The predicted octanol–water partition coefficient (Wildman–Crippen LogP) is 2.48. The minimum atomic E-state index is -1.10. The van der Waals surface area contributed by atoms with Crippen molar-refractivity contribution in [2.24, 2.45) is 5.16 Å². The van der Waals surface area contributed by atoms with Gasteiger partial charge in [0.2, 0.25) is 17.7 Å². The van der Waals surface area contributed by atoms with E-state index < -0.39 is 41.2 Å². The molecule has 4 aromatic rings. The lowest BCUT2D eigenvalue weighted by Gasteiger charge is -2.41. The van der Waals surface area contributed by atoms with Crippen molar-refractivity contribution in [2.75, 3.05) is 133 Å². The number of amides is 4. The van der Waals surface area contributed by atoms with E-state index in [1.54, 1.807) is 57.7 Å². The second-order valence-corrected chi connectivity index (χ2v) is 20.8. The molecule has 0 unspecified atom stereocenters. The van der Waals surface area contributed by atoms with Gasteiger partial charge in [-0.3, -0.25) is 43.4 Å². The standard InChI is InChI=1S/C54H69Cl2N11O14/c1-34(61-81-18-12-59-45(68)28-62(4)47(70)29-63(5)46(69)26-57-10-13-64(30-49(73)74)15-16-65(31-50(75)76)14-11-58-27-48(71)72)35-8-7-9-36(20-35)40-24-41-44(25-43(40)78-6)80-32-42-51(53(77)66-17-19-79-33-54(66,2)3)60-67(52(41)42)39-22-37(55)21-38(56)23-39/h7-9,20-25,57-58H,10-19,26-33H2,1-6H3,(H,59,68)(H,71,72)(H,73,74)(H,75,76)/b61-34+. The molecule has 81 heavy (non-hydrogen) atoms. The van der Waals surface area contributed by atoms with Gasteiger partial charge in [0.05, 0.1) is 88.8 Å². The normalized spacial score (nSPS) is 13.7. The van der Waals surface area contributed by atoms with Crippen molar-refractivity contribution in [3.05, 3.63) is 81.5 Å². The fraction of sp³-hybridized carbons (Fsp3) is 0.463. The first-order valence-corrected chi connectivity index (χ1v) is 26.7. The fourth-order valence-electron chi connectivity index (χ4n) is 8.98. The first-order valence-electron chi connectivity index (χ1n) is 25.9. The number of aliphatic carboxylic acids is 3. The summed E-state index contributed by atoms with van der Waals surface area (Å²) in [6.07, 6.45) is 0. The number of carbonyl (C=O) groups is 7. The molecule has 0 saturated carbocycles. The number of fused-ring (bicyclic) bond motifs is 3. The van der Waals surface area contributed by atoms with Crippen LogP contribution in [-0.4, -0.2) is 235 Å². The molecule has 0 atom stereocenters. The second kappa shape index (κ2) is 29.4. The van der Waals surface area contributed by atoms with Crippen molar-refractivity contribution < 1.29 is 67.9 Å². The van der Waals surface area contributed by atoms with Crippen molar-refractivity contribution in [2.45, 2.75) is 32.9 Å². The van der Waals surface area contributed by atoms with Crippen LogP contribution >= 0.6 is 23.2 Å². The van der Waals surface area contributed by atoms with Crippen LogP contribution in [0.5, 0.6) is 11.5 Å². The molecular weight excluding hydrogens is 1100 g/mol. The summed E-state index contributed by atoms with van der Waals surface area (Å²) in [6.45, 7) is 6.49. The Labute approximate surface area is 478 Å². The van der Waals surface area contributed by atoms with Crippen molar-refractivity contribution in [1.82, 2.24) is 50.2 Å². The second-order valence-electron chi connectivity index (χ2n) is 19.9. The Kier molecular flexibility index (Phi) is 22.8. The van der Waals surface area contributed by atoms with Crippen LogP contribution in [0.4, 0.5) is 0 Å². The van der Waals surface area contributed by atoms with Crippen molar-refractivity contribution >= 4 is 70.5 Å². The number of hydrogen-bond donors (Lipinski definition) is 6. The average molecular weight is 1170 g/mol. The van der Waals surface area contributed by atoms with E-state index in [-0.39, 0.29) is 110 Å². The van der Waals surface area contributed by atoms with Crippen LogP contribution in [0.2, 0.25) is 10.0 Å². The summed E-state index contributed by atoms with van der Waals surface area (Å²) in [5, 5.41) is 45.8. The minimum Gasteiger partial charge on any atom is -0.496 e. The molecule has 0 aliphatic carbocycles. The van der Waals surface area contributed by atoms with Crippen molar-refractivity contribution in [1.29, 1.82) is 0 Å². The van der Waals surface area contributed by atoms with Gasteiger partial charge in [0, 0.05) is 92.7 Å². The Morgan fingerprint density at radius 3 is 2.07 bits per heavy atom. The van der Waals surface area contributed by atoms with Crippen LogP contribution in [0.25, 0.3) is 28.1 Å². The van der Waals surface area contributed by atoms with E-state index in [2.05, 4.69) is 21.1 Å². The number of methoxy groups -OCH3 is 1. The topological polar surface area (TPSA) is 300 Å². The van der Waals surface area contributed by atoms with Gasteiger partial charge >= 0.3 is 17.9 Å². The highest BCUT2D eigenvalue weighted by molar-refractivity contribution is 6.34. The third-order valence-electron chi connectivity index (χ3n) is 13.2. The molecule has 1 saturated heterocycles. The molecule has 6 N–H and O–H groups in total. The smallest absolute Gasteiger partial charge is 0.317 e. The van der Waals surface area contributed by atoms with Crippen LogP contribution in [0.3, 0.4) is 0 Å². The van der Waals surface area contributed by atoms with Crippen LogP contribution in [0.15, 0.2) is 59.8 Å². The monoisotopic (exact) mass is 1170 g/mol. The predicted molar refractivity (Wildman–Crippen MR) is 299 cm³/mol. The Morgan fingerprint density at radius 2 is 1.44 bits per heavy atom. The first-order chi connectivity index (χ1) is 38.5. The highest BCUT2D eigenvalue weighted by Gasteiger charge is 2.39. The van der Waals surface area contributed by atoms with E-state index in [9.17, 15) is 43.8 Å². The number of likely N-dealkylation sites (N-methyl/N-ethyl adjacent to an activating group) is 2. The molecule has 3 heterocycles. The maximum atomic E-state index is 14.4. The molecule has 2 aliphatic heterocycles. The van der Waals surface area contributed by atoms with Gasteiger partial charge in [-0.25, -0.2) is 4.68 Å². The highest BCUT2D eigenvalue weighted by atomic mass is 35.5. The SMILES string of the molecule is COc1cc2c(cc1-c1cccc(/C(C)=N/OCCNC(=O)CN(C)C(=O)CN(C)C(=O)CNCCN(CCN(CCNCC(=O)O)CC(=O)O)CC(=O)O)c1)-c1c(c(C(=O)N3CCOCC3(C)C)nn1-c1cc(Cl)cc(Cl)c1)CO2. The summed E-state index contributed by atoms with van der Waals surface area (Å²) in [5.74, 6) is -3.85. The van der Waals surface area contributed by atoms with E-state index >= 15 is 0 Å². The summed E-state index contributed by atoms with van der Waals surface area (Å²) < 4.78 is 19.6. The number of carboxylic acid groups (broad SMARTS) is 3. The largest absolute Gasteiger partial charge is 0.496 e. The molecule has 1 fully saturated rings. The number of benzene rings is 3. The number of carboxylic acids is 3. The van der Waals surface area contributed by atoms with Gasteiger partial charge in [0.1, 0.15) is 24.7 Å². The maximum absolute atomic E-state index is 14.4. The number of morpholine rings is 1. The van der Waals surface area contributed by atoms with Gasteiger partial charge in [-0.05, 0) is 62.2 Å². The summed E-state index contributed by atoms with van der Waals surface area (Å²) in [6, 6.07) is 16.4. The van der Waals surface area contributed by atoms with Gasteiger partial charge in [0.15, 0.2) is 5.69 Å². The fourth-order valence-corrected chi connectivity index (χ4v) is 9.49. The van der Waals surface area contributed by atoms with Crippen molar-refractivity contribution in [3.8, 4) is 39.6 Å². The molecule has 1 aromatic heterocycles. The molecule has 2 aliphatic rings. The number of carbonyl (C=O) groups excluding carboxylic acids is 4. The van der Waals surface area contributed by atoms with E-state index in [4.69, 9.17) is 52.5 Å². The molecule has 6 rings (SSSR count). The first kappa shape index (κ1) is 62.8. The van der Waals surface area contributed by atoms with Crippen LogP contribution in [-0.2, 0) is 44.9 Å². The van der Waals surface area contributed by atoms with Gasteiger partial charge in [-0.2, -0.15) is 5.10 Å². The molecular formula is C54H69Cl2N11O14. The number of rotatable bonds is 30. The van der Waals surface area contributed by atoms with Gasteiger partial charge in [-0.1, -0.05) is 46.6 Å². The minimum absolute atomic E-state index is 0.00975. The molecule has 3 aromatic carbocycles. The Bertz CT molecular complexity index is 2950. The van der Waals surface area contributed by atoms with Crippen LogP contribution in [0.1, 0.15) is 42.4 Å². The van der Waals surface area contributed by atoms with E-state index in [0.717, 1.165) is 11.1 Å². The molecule has 27 heteroatoms. The Balaban J connectivity index is 1.000. The summed E-state index contributed by atoms with van der Waals surface area (Å²) >= 11 is 13.0. The number of ether oxygens (including phenoxy) is 3. The highest BCUT2D eigenvalue weighted by Crippen LogP contribution is 2.47. The van der Waals surface area contributed by atoms with Gasteiger partial charge in [0.25, 0.3) is 5.91 Å². The van der Waals surface area contributed by atoms with E-state index in [0.29, 0.717) is 75.1 Å². The number of hydrogen-bond acceptors (Lipinski definition) is 17. The Morgan fingerprint density at radius 1 is 0.790 bits per heavy atom. The molecule has 25 nitrogen and oxygen atoms in total. The summed E-state index contributed by atoms with van der Waals surface area (Å²) in [5.41, 5.74) is 4.83. The lowest BCUT2D eigenvalue weighted by molar-refractivity contribution is -0.140. The number of nitrogens with one attached hydrogen (secondary N) is 3. The maximum Gasteiger partial charge on any atom is 0.317 e.